The Balaban J connectivity index is 1.40. The van der Waals surface area contributed by atoms with Gasteiger partial charge in [-0.1, -0.05) is 62.7 Å². The van der Waals surface area contributed by atoms with Crippen molar-refractivity contribution < 1.29 is 9.53 Å². The van der Waals surface area contributed by atoms with Gasteiger partial charge in [0.1, 0.15) is 12.4 Å². The SMILES string of the molecule is Cc1ccc(SCc2ccc(C(=O)NCCOc3ccc(C(C)(C)C)cc3)cc2)cc1. The molecule has 0 unspecified atom stereocenters. The van der Waals surface area contributed by atoms with Crippen molar-refractivity contribution in [1.82, 2.24) is 5.32 Å². The van der Waals surface area contributed by atoms with Crippen molar-refractivity contribution in [2.75, 3.05) is 13.2 Å². The monoisotopic (exact) mass is 433 g/mol. The van der Waals surface area contributed by atoms with Gasteiger partial charge in [-0.05, 0) is 59.9 Å². The number of benzene rings is 3. The first-order valence-electron chi connectivity index (χ1n) is 10.6. The molecule has 0 aliphatic rings. The van der Waals surface area contributed by atoms with Crippen molar-refractivity contribution in [3.8, 4) is 5.75 Å². The second-order valence-corrected chi connectivity index (χ2v) is 9.73. The molecule has 1 N–H and O–H groups in total. The van der Waals surface area contributed by atoms with Gasteiger partial charge in [0, 0.05) is 16.2 Å². The van der Waals surface area contributed by atoms with Gasteiger partial charge in [0.2, 0.25) is 0 Å². The molecule has 162 valence electrons. The number of ether oxygens (including phenoxy) is 1. The van der Waals surface area contributed by atoms with Gasteiger partial charge >= 0.3 is 0 Å². The average molecular weight is 434 g/mol. The summed E-state index contributed by atoms with van der Waals surface area (Å²) in [4.78, 5) is 13.6. The van der Waals surface area contributed by atoms with Crippen LogP contribution in [0.3, 0.4) is 0 Å². The number of aryl methyl sites for hydroxylation is 1. The predicted molar refractivity (Wildman–Crippen MR) is 130 cm³/mol. The van der Waals surface area contributed by atoms with Gasteiger partial charge < -0.3 is 10.1 Å². The smallest absolute Gasteiger partial charge is 0.251 e. The number of thioether (sulfide) groups is 1. The first-order chi connectivity index (χ1) is 14.8. The number of amides is 1. The molecule has 0 radical (unpaired) electrons. The van der Waals surface area contributed by atoms with E-state index < -0.39 is 0 Å². The van der Waals surface area contributed by atoms with E-state index in [9.17, 15) is 4.79 Å². The summed E-state index contributed by atoms with van der Waals surface area (Å²) in [7, 11) is 0. The lowest BCUT2D eigenvalue weighted by molar-refractivity contribution is 0.0947. The van der Waals surface area contributed by atoms with Gasteiger partial charge in [-0.25, -0.2) is 0 Å². The van der Waals surface area contributed by atoms with Crippen LogP contribution in [0.2, 0.25) is 0 Å². The summed E-state index contributed by atoms with van der Waals surface area (Å²) in [5.74, 6) is 1.62. The number of nitrogens with one attached hydrogen (secondary N) is 1. The maximum atomic E-state index is 12.4. The Hall–Kier alpha value is -2.72. The number of carbonyl (C=O) groups is 1. The third-order valence-corrected chi connectivity index (χ3v) is 6.10. The highest BCUT2D eigenvalue weighted by atomic mass is 32.2. The number of hydrogen-bond acceptors (Lipinski definition) is 3. The van der Waals surface area contributed by atoms with Gasteiger partial charge in [-0.2, -0.15) is 0 Å². The molecule has 3 aromatic carbocycles. The Morgan fingerprint density at radius 3 is 2.16 bits per heavy atom. The molecule has 0 spiro atoms. The third-order valence-electron chi connectivity index (χ3n) is 5.02. The van der Waals surface area contributed by atoms with Crippen molar-refractivity contribution >= 4 is 17.7 Å². The summed E-state index contributed by atoms with van der Waals surface area (Å²) >= 11 is 1.80. The second-order valence-electron chi connectivity index (χ2n) is 8.68. The van der Waals surface area contributed by atoms with Gasteiger partial charge in [0.15, 0.2) is 0 Å². The molecular weight excluding hydrogens is 402 g/mol. The molecule has 0 atom stereocenters. The zero-order valence-corrected chi connectivity index (χ0v) is 19.6. The summed E-state index contributed by atoms with van der Waals surface area (Å²) in [5.41, 5.74) is 4.53. The van der Waals surface area contributed by atoms with Gasteiger partial charge in [-0.3, -0.25) is 4.79 Å². The van der Waals surface area contributed by atoms with Crippen LogP contribution >= 0.6 is 11.8 Å². The minimum absolute atomic E-state index is 0.0792. The van der Waals surface area contributed by atoms with E-state index in [0.717, 1.165) is 11.5 Å². The molecule has 3 aromatic rings. The summed E-state index contributed by atoms with van der Waals surface area (Å²) in [5, 5.41) is 2.92. The molecule has 0 aliphatic heterocycles. The van der Waals surface area contributed by atoms with Crippen LogP contribution in [0.5, 0.6) is 5.75 Å². The number of rotatable bonds is 8. The molecule has 3 nitrogen and oxygen atoms in total. The van der Waals surface area contributed by atoms with Crippen molar-refractivity contribution in [3.63, 3.8) is 0 Å². The highest BCUT2D eigenvalue weighted by molar-refractivity contribution is 7.98. The average Bonchev–Trinajstić information content (AvgIpc) is 2.76. The van der Waals surface area contributed by atoms with Crippen molar-refractivity contribution in [2.24, 2.45) is 0 Å². The molecule has 3 rings (SSSR count). The Morgan fingerprint density at radius 2 is 1.55 bits per heavy atom. The van der Waals surface area contributed by atoms with Crippen LogP contribution in [-0.2, 0) is 11.2 Å². The highest BCUT2D eigenvalue weighted by Crippen LogP contribution is 2.24. The van der Waals surface area contributed by atoms with Crippen LogP contribution in [0.1, 0.15) is 47.8 Å². The predicted octanol–water partition coefficient (Wildman–Crippen LogP) is 6.39. The zero-order chi connectivity index (χ0) is 22.3. The fourth-order valence-corrected chi connectivity index (χ4v) is 3.89. The van der Waals surface area contributed by atoms with Gasteiger partial charge in [-0.15, -0.1) is 11.8 Å². The van der Waals surface area contributed by atoms with Crippen LogP contribution in [0.4, 0.5) is 0 Å². The molecule has 0 heterocycles. The molecule has 0 aromatic heterocycles. The molecule has 0 saturated carbocycles. The molecule has 31 heavy (non-hydrogen) atoms. The van der Waals surface area contributed by atoms with E-state index in [1.165, 1.54) is 21.6 Å². The Labute approximate surface area is 190 Å². The quantitative estimate of drug-likeness (QED) is 0.330. The normalized spacial score (nSPS) is 11.2. The number of carbonyl (C=O) groups excluding carboxylic acids is 1. The van der Waals surface area contributed by atoms with Crippen LogP contribution in [-0.4, -0.2) is 19.1 Å². The summed E-state index contributed by atoms with van der Waals surface area (Å²) in [6.45, 7) is 9.56. The molecule has 1 amide bonds. The van der Waals surface area contributed by atoms with Crippen molar-refractivity contribution in [2.45, 2.75) is 43.8 Å². The third kappa shape index (κ3) is 7.18. The first kappa shape index (κ1) is 23.0. The van der Waals surface area contributed by atoms with Crippen LogP contribution in [0, 0.1) is 6.92 Å². The highest BCUT2D eigenvalue weighted by Gasteiger charge is 2.13. The van der Waals surface area contributed by atoms with Crippen molar-refractivity contribution in [1.29, 1.82) is 0 Å². The van der Waals surface area contributed by atoms with Gasteiger partial charge in [0.25, 0.3) is 5.91 Å². The Morgan fingerprint density at radius 1 is 0.903 bits per heavy atom. The van der Waals surface area contributed by atoms with Crippen LogP contribution in [0.15, 0.2) is 77.7 Å². The maximum Gasteiger partial charge on any atom is 0.251 e. The van der Waals surface area contributed by atoms with Gasteiger partial charge in [0.05, 0.1) is 6.54 Å². The topological polar surface area (TPSA) is 38.3 Å². The fraction of sp³-hybridized carbons (Fsp3) is 0.296. The minimum atomic E-state index is -0.0792. The molecule has 0 fully saturated rings. The molecule has 0 bridgehead atoms. The Kier molecular flexibility index (Phi) is 7.80. The summed E-state index contributed by atoms with van der Waals surface area (Å²) in [6.07, 6.45) is 0. The van der Waals surface area contributed by atoms with E-state index in [4.69, 9.17) is 4.74 Å². The summed E-state index contributed by atoms with van der Waals surface area (Å²) < 4.78 is 5.74. The zero-order valence-electron chi connectivity index (χ0n) is 18.8. The number of hydrogen-bond donors (Lipinski definition) is 1. The lowest BCUT2D eigenvalue weighted by Gasteiger charge is -2.19. The summed E-state index contributed by atoms with van der Waals surface area (Å²) in [6, 6.07) is 24.5. The molecule has 0 saturated heterocycles. The molecule has 0 aliphatic carbocycles. The first-order valence-corrected chi connectivity index (χ1v) is 11.6. The van der Waals surface area contributed by atoms with Crippen LogP contribution in [0.25, 0.3) is 0 Å². The lowest BCUT2D eigenvalue weighted by atomic mass is 9.87. The standard InChI is InChI=1S/C27H31NO2S/c1-20-5-15-25(16-6-20)31-19-21-7-9-22(10-8-21)26(29)28-17-18-30-24-13-11-23(12-14-24)27(2,3)4/h5-16H,17-19H2,1-4H3,(H,28,29). The fourth-order valence-electron chi connectivity index (χ4n) is 3.04. The van der Waals surface area contributed by atoms with E-state index >= 15 is 0 Å². The van der Waals surface area contributed by atoms with Crippen molar-refractivity contribution in [3.05, 3.63) is 95.1 Å². The van der Waals surface area contributed by atoms with E-state index in [2.05, 4.69) is 69.4 Å². The minimum Gasteiger partial charge on any atom is -0.492 e. The molecule has 4 heteroatoms. The maximum absolute atomic E-state index is 12.4. The van der Waals surface area contributed by atoms with E-state index in [1.807, 2.05) is 36.4 Å². The lowest BCUT2D eigenvalue weighted by Crippen LogP contribution is -2.28. The second kappa shape index (κ2) is 10.5. The Bertz CT molecular complexity index is 972. The molecular formula is C27H31NO2S. The van der Waals surface area contributed by atoms with E-state index in [-0.39, 0.29) is 11.3 Å². The van der Waals surface area contributed by atoms with E-state index in [1.54, 1.807) is 11.8 Å². The van der Waals surface area contributed by atoms with Crippen LogP contribution < -0.4 is 10.1 Å². The van der Waals surface area contributed by atoms with E-state index in [0.29, 0.717) is 18.7 Å². The largest absolute Gasteiger partial charge is 0.492 e.